The second kappa shape index (κ2) is 5.41. The molecule has 1 aromatic carbocycles. The lowest BCUT2D eigenvalue weighted by atomic mass is 9.97. The zero-order valence-corrected chi connectivity index (χ0v) is 9.36. The number of nitrogens with two attached hydrogens (primary N) is 1. The zero-order valence-electron chi connectivity index (χ0n) is 9.36. The molecule has 0 spiro atoms. The lowest BCUT2D eigenvalue weighted by Crippen LogP contribution is -2.24. The Labute approximate surface area is 95.6 Å². The van der Waals surface area contributed by atoms with Crippen molar-refractivity contribution in [1.29, 1.82) is 0 Å². The van der Waals surface area contributed by atoms with Gasteiger partial charge in [-0.25, -0.2) is 4.39 Å². The van der Waals surface area contributed by atoms with Gasteiger partial charge in [-0.3, -0.25) is 0 Å². The van der Waals surface area contributed by atoms with Gasteiger partial charge in [-0.15, -0.1) is 0 Å². The van der Waals surface area contributed by atoms with E-state index < -0.39 is 0 Å². The molecule has 0 bridgehead atoms. The minimum atomic E-state index is -0.225. The fourth-order valence-corrected chi connectivity index (χ4v) is 2.15. The number of ether oxygens (including phenoxy) is 1. The van der Waals surface area contributed by atoms with Crippen LogP contribution in [-0.4, -0.2) is 12.7 Å². The van der Waals surface area contributed by atoms with Crippen molar-refractivity contribution >= 4 is 0 Å². The van der Waals surface area contributed by atoms with Crippen molar-refractivity contribution in [2.75, 3.05) is 6.61 Å². The van der Waals surface area contributed by atoms with Crippen molar-refractivity contribution in [3.05, 3.63) is 35.6 Å². The van der Waals surface area contributed by atoms with Crippen molar-refractivity contribution in [2.45, 2.75) is 37.8 Å². The molecular formula is C13H18FNO. The minimum absolute atomic E-state index is 0.126. The molecule has 0 amide bonds. The van der Waals surface area contributed by atoms with Crippen molar-refractivity contribution in [2.24, 2.45) is 5.73 Å². The number of rotatable bonds is 3. The largest absolute Gasteiger partial charge is 0.378 e. The van der Waals surface area contributed by atoms with E-state index in [4.69, 9.17) is 10.5 Å². The molecule has 1 aliphatic heterocycles. The van der Waals surface area contributed by atoms with E-state index in [1.54, 1.807) is 6.07 Å². The van der Waals surface area contributed by atoms with Gasteiger partial charge in [0.2, 0.25) is 0 Å². The minimum Gasteiger partial charge on any atom is -0.378 e. The summed E-state index contributed by atoms with van der Waals surface area (Å²) in [4.78, 5) is 0. The average molecular weight is 223 g/mol. The number of benzene rings is 1. The van der Waals surface area contributed by atoms with Gasteiger partial charge in [0.1, 0.15) is 5.82 Å². The molecule has 2 atom stereocenters. The van der Waals surface area contributed by atoms with Crippen LogP contribution in [0.1, 0.15) is 37.3 Å². The Kier molecular flexibility index (Phi) is 3.91. The van der Waals surface area contributed by atoms with Gasteiger partial charge in [-0.05, 0) is 43.4 Å². The Balaban J connectivity index is 1.94. The highest BCUT2D eigenvalue weighted by molar-refractivity contribution is 5.19. The normalized spacial score (nSPS) is 23.0. The van der Waals surface area contributed by atoms with Gasteiger partial charge >= 0.3 is 0 Å². The molecule has 1 aromatic rings. The molecule has 16 heavy (non-hydrogen) atoms. The van der Waals surface area contributed by atoms with Crippen LogP contribution in [0, 0.1) is 5.82 Å². The van der Waals surface area contributed by atoms with Crippen molar-refractivity contribution in [1.82, 2.24) is 0 Å². The predicted molar refractivity (Wildman–Crippen MR) is 61.5 cm³/mol. The standard InChI is InChI=1S/C13H18FNO/c14-11-5-3-4-10(8-11)13(15)9-12-6-1-2-7-16-12/h3-5,8,12-13H,1-2,6-7,9,15H2. The van der Waals surface area contributed by atoms with Crippen LogP contribution in [0.25, 0.3) is 0 Å². The summed E-state index contributed by atoms with van der Waals surface area (Å²) in [6.45, 7) is 0.834. The van der Waals surface area contributed by atoms with Gasteiger partial charge in [-0.2, -0.15) is 0 Å². The first kappa shape index (κ1) is 11.6. The first-order valence-corrected chi connectivity index (χ1v) is 5.88. The summed E-state index contributed by atoms with van der Waals surface area (Å²) in [7, 11) is 0. The van der Waals surface area contributed by atoms with E-state index in [2.05, 4.69) is 0 Å². The number of hydrogen-bond acceptors (Lipinski definition) is 2. The van der Waals surface area contributed by atoms with Crippen molar-refractivity contribution in [3.63, 3.8) is 0 Å². The molecule has 2 N–H and O–H groups in total. The van der Waals surface area contributed by atoms with E-state index in [9.17, 15) is 4.39 Å². The van der Waals surface area contributed by atoms with Gasteiger partial charge in [-0.1, -0.05) is 12.1 Å². The molecule has 88 valence electrons. The average Bonchev–Trinajstić information content (AvgIpc) is 2.30. The zero-order chi connectivity index (χ0) is 11.4. The van der Waals surface area contributed by atoms with Crippen molar-refractivity contribution < 1.29 is 9.13 Å². The Morgan fingerprint density at radius 1 is 1.44 bits per heavy atom. The Morgan fingerprint density at radius 3 is 3.00 bits per heavy atom. The summed E-state index contributed by atoms with van der Waals surface area (Å²) in [6, 6.07) is 6.39. The lowest BCUT2D eigenvalue weighted by Gasteiger charge is -2.25. The van der Waals surface area contributed by atoms with Gasteiger partial charge in [0.25, 0.3) is 0 Å². The van der Waals surface area contributed by atoms with Crippen molar-refractivity contribution in [3.8, 4) is 0 Å². The second-order valence-corrected chi connectivity index (χ2v) is 4.39. The summed E-state index contributed by atoms with van der Waals surface area (Å²) in [5, 5.41) is 0. The van der Waals surface area contributed by atoms with Crippen LogP contribution in [0.15, 0.2) is 24.3 Å². The second-order valence-electron chi connectivity index (χ2n) is 4.39. The van der Waals surface area contributed by atoms with Gasteiger partial charge in [0.05, 0.1) is 6.10 Å². The third kappa shape index (κ3) is 3.03. The molecule has 2 rings (SSSR count). The highest BCUT2D eigenvalue weighted by atomic mass is 19.1. The Morgan fingerprint density at radius 2 is 2.31 bits per heavy atom. The molecule has 1 saturated heterocycles. The van der Waals surface area contributed by atoms with Crippen LogP contribution in [0.3, 0.4) is 0 Å². The molecule has 2 nitrogen and oxygen atoms in total. The molecule has 0 radical (unpaired) electrons. The summed E-state index contributed by atoms with van der Waals surface area (Å²) >= 11 is 0. The van der Waals surface area contributed by atoms with E-state index in [0.29, 0.717) is 0 Å². The quantitative estimate of drug-likeness (QED) is 0.855. The molecule has 1 fully saturated rings. The maximum Gasteiger partial charge on any atom is 0.123 e. The lowest BCUT2D eigenvalue weighted by molar-refractivity contribution is 0.00728. The van der Waals surface area contributed by atoms with Gasteiger partial charge in [0.15, 0.2) is 0 Å². The molecule has 0 aromatic heterocycles. The third-order valence-electron chi connectivity index (χ3n) is 3.07. The monoisotopic (exact) mass is 223 g/mol. The van der Waals surface area contributed by atoms with E-state index in [1.165, 1.54) is 18.6 Å². The van der Waals surface area contributed by atoms with Crippen LogP contribution in [0.4, 0.5) is 4.39 Å². The number of hydrogen-bond donors (Lipinski definition) is 1. The summed E-state index contributed by atoms with van der Waals surface area (Å²) in [5.74, 6) is -0.225. The highest BCUT2D eigenvalue weighted by Crippen LogP contribution is 2.23. The van der Waals surface area contributed by atoms with E-state index in [0.717, 1.165) is 31.4 Å². The topological polar surface area (TPSA) is 35.2 Å². The third-order valence-corrected chi connectivity index (χ3v) is 3.07. The molecule has 0 aliphatic carbocycles. The van der Waals surface area contributed by atoms with Gasteiger partial charge < -0.3 is 10.5 Å². The van der Waals surface area contributed by atoms with E-state index >= 15 is 0 Å². The summed E-state index contributed by atoms with van der Waals surface area (Å²) < 4.78 is 18.6. The maximum absolute atomic E-state index is 13.0. The SMILES string of the molecule is NC(CC1CCCCO1)c1cccc(F)c1. The summed E-state index contributed by atoms with van der Waals surface area (Å²) in [5.41, 5.74) is 6.90. The Hall–Kier alpha value is -0.930. The highest BCUT2D eigenvalue weighted by Gasteiger charge is 2.18. The molecule has 0 saturated carbocycles. The smallest absolute Gasteiger partial charge is 0.123 e. The van der Waals surface area contributed by atoms with Crippen LogP contribution in [-0.2, 0) is 4.74 Å². The molecule has 3 heteroatoms. The maximum atomic E-state index is 13.0. The van der Waals surface area contributed by atoms with Crippen LogP contribution < -0.4 is 5.73 Å². The summed E-state index contributed by atoms with van der Waals surface area (Å²) in [6.07, 6.45) is 4.45. The van der Waals surface area contributed by atoms with Crippen LogP contribution in [0.2, 0.25) is 0 Å². The first-order chi connectivity index (χ1) is 7.75. The first-order valence-electron chi connectivity index (χ1n) is 5.88. The number of halogens is 1. The Bertz CT molecular complexity index is 336. The predicted octanol–water partition coefficient (Wildman–Crippen LogP) is 2.78. The van der Waals surface area contributed by atoms with E-state index in [-0.39, 0.29) is 18.0 Å². The molecule has 2 unspecified atom stereocenters. The molecular weight excluding hydrogens is 205 g/mol. The van der Waals surface area contributed by atoms with Gasteiger partial charge in [0, 0.05) is 12.6 Å². The molecule has 1 aliphatic rings. The fourth-order valence-electron chi connectivity index (χ4n) is 2.15. The van der Waals surface area contributed by atoms with E-state index in [1.807, 2.05) is 6.07 Å². The van der Waals surface area contributed by atoms with Crippen LogP contribution in [0.5, 0.6) is 0 Å². The van der Waals surface area contributed by atoms with Crippen LogP contribution >= 0.6 is 0 Å². The fraction of sp³-hybridized carbons (Fsp3) is 0.538. The molecule has 1 heterocycles.